The fourth-order valence-corrected chi connectivity index (χ4v) is 6.87. The first-order valence-corrected chi connectivity index (χ1v) is 22.5. The van der Waals surface area contributed by atoms with Gasteiger partial charge >= 0.3 is 17.9 Å². The van der Waals surface area contributed by atoms with E-state index in [1.165, 1.54) is 25.7 Å². The summed E-state index contributed by atoms with van der Waals surface area (Å²) in [4.78, 5) is 39.6. The first-order chi connectivity index (χ1) is 25.2. The van der Waals surface area contributed by atoms with E-state index in [4.69, 9.17) is 14.2 Å². The van der Waals surface area contributed by atoms with E-state index in [0.717, 1.165) is 167 Å². The lowest BCUT2D eigenvalue weighted by molar-refractivity contribution is -0.151. The molecular weight excluding hydrogens is 650 g/mol. The molecule has 0 saturated heterocycles. The zero-order chi connectivity index (χ0) is 38.5. The Hall–Kier alpha value is -1.63. The lowest BCUT2D eigenvalue weighted by Gasteiger charge is -2.19. The van der Waals surface area contributed by atoms with Crippen molar-refractivity contribution in [1.29, 1.82) is 0 Å². The van der Waals surface area contributed by atoms with E-state index in [-0.39, 0.29) is 36.2 Å². The molecule has 0 bridgehead atoms. The molecule has 7 nitrogen and oxygen atoms in total. The minimum absolute atomic E-state index is 0.00681. The van der Waals surface area contributed by atoms with Gasteiger partial charge < -0.3 is 19.1 Å². The normalized spacial score (nSPS) is 13.2. The van der Waals surface area contributed by atoms with Crippen LogP contribution in [0.15, 0.2) is 0 Å². The fourth-order valence-electron chi connectivity index (χ4n) is 6.87. The van der Waals surface area contributed by atoms with Gasteiger partial charge in [0, 0.05) is 19.3 Å². The maximum atomic E-state index is 12.6. The molecule has 0 saturated carbocycles. The van der Waals surface area contributed by atoms with E-state index in [2.05, 4.69) is 32.6 Å². The molecule has 0 heterocycles. The van der Waals surface area contributed by atoms with Gasteiger partial charge in [0.05, 0.1) is 0 Å². The number of carbonyl (C=O) groups excluding carboxylic acids is 3. The number of unbranched alkanes of at least 4 members (excludes halogenated alkanes) is 16. The Labute approximate surface area is 322 Å². The second kappa shape index (κ2) is 37.7. The van der Waals surface area contributed by atoms with Gasteiger partial charge in [0.1, 0.15) is 18.3 Å². The summed E-state index contributed by atoms with van der Waals surface area (Å²) in [5.41, 5.74) is 0. The summed E-state index contributed by atoms with van der Waals surface area (Å²) in [6, 6.07) is 0. The van der Waals surface area contributed by atoms with Crippen molar-refractivity contribution < 1.29 is 28.6 Å². The second-order valence-electron chi connectivity index (χ2n) is 15.8. The standard InChI is InChI=1S/C45H87NO6/c1-7-11-23-32-40(30-13-9-3)50-43(47)36-27-21-17-15-19-25-34-42(52-45(49)38-29-39-46(5)6)35-26-20-16-18-22-28-37-44(48)51-41(31-14-10-4)33-24-12-8-2/h40-42H,7-39H2,1-6H3. The van der Waals surface area contributed by atoms with Crippen LogP contribution in [0.3, 0.4) is 0 Å². The predicted molar refractivity (Wildman–Crippen MR) is 219 cm³/mol. The molecule has 0 radical (unpaired) electrons. The maximum absolute atomic E-state index is 12.6. The summed E-state index contributed by atoms with van der Waals surface area (Å²) >= 11 is 0. The van der Waals surface area contributed by atoms with Crippen molar-refractivity contribution in [3.63, 3.8) is 0 Å². The van der Waals surface area contributed by atoms with Crippen molar-refractivity contribution in [3.05, 3.63) is 0 Å². The first-order valence-electron chi connectivity index (χ1n) is 22.5. The smallest absolute Gasteiger partial charge is 0.306 e. The highest BCUT2D eigenvalue weighted by Gasteiger charge is 2.16. The Morgan fingerprint density at radius 1 is 0.365 bits per heavy atom. The minimum Gasteiger partial charge on any atom is -0.462 e. The molecule has 0 aliphatic heterocycles. The summed E-state index contributed by atoms with van der Waals surface area (Å²) in [5, 5.41) is 0. The second-order valence-corrected chi connectivity index (χ2v) is 15.8. The summed E-state index contributed by atoms with van der Waals surface area (Å²) < 4.78 is 17.7. The van der Waals surface area contributed by atoms with Gasteiger partial charge in [0.25, 0.3) is 0 Å². The van der Waals surface area contributed by atoms with E-state index >= 15 is 0 Å². The van der Waals surface area contributed by atoms with Crippen LogP contribution in [0, 0.1) is 0 Å². The van der Waals surface area contributed by atoms with Crippen LogP contribution in [0.2, 0.25) is 0 Å². The van der Waals surface area contributed by atoms with Crippen LogP contribution in [0.5, 0.6) is 0 Å². The molecule has 0 aromatic heterocycles. The van der Waals surface area contributed by atoms with Crippen molar-refractivity contribution in [1.82, 2.24) is 4.90 Å². The van der Waals surface area contributed by atoms with Crippen LogP contribution >= 0.6 is 0 Å². The van der Waals surface area contributed by atoms with E-state index < -0.39 is 0 Å². The van der Waals surface area contributed by atoms with E-state index in [1.807, 2.05) is 14.1 Å². The Kier molecular flexibility index (Phi) is 36.5. The molecule has 0 rings (SSSR count). The van der Waals surface area contributed by atoms with Gasteiger partial charge in [0.15, 0.2) is 0 Å². The minimum atomic E-state index is -0.0600. The average molecular weight is 738 g/mol. The lowest BCUT2D eigenvalue weighted by atomic mass is 10.0. The van der Waals surface area contributed by atoms with Gasteiger partial charge in [-0.1, -0.05) is 130 Å². The molecule has 2 atom stereocenters. The molecule has 0 aromatic carbocycles. The van der Waals surface area contributed by atoms with E-state index in [1.54, 1.807) is 0 Å². The number of ether oxygens (including phenoxy) is 3. The van der Waals surface area contributed by atoms with Crippen molar-refractivity contribution in [3.8, 4) is 0 Å². The van der Waals surface area contributed by atoms with Gasteiger partial charge in [-0.25, -0.2) is 0 Å². The number of esters is 3. The number of rotatable bonds is 39. The highest BCUT2D eigenvalue weighted by Crippen LogP contribution is 2.20. The third-order valence-electron chi connectivity index (χ3n) is 10.2. The van der Waals surface area contributed by atoms with Gasteiger partial charge in [-0.3, -0.25) is 14.4 Å². The van der Waals surface area contributed by atoms with Crippen LogP contribution in [-0.4, -0.2) is 61.8 Å². The summed E-state index contributed by atoms with van der Waals surface area (Å²) in [7, 11) is 4.06. The molecule has 0 amide bonds. The predicted octanol–water partition coefficient (Wildman–Crippen LogP) is 12.8. The number of hydrogen-bond acceptors (Lipinski definition) is 7. The van der Waals surface area contributed by atoms with Gasteiger partial charge in [-0.2, -0.15) is 0 Å². The first kappa shape index (κ1) is 50.4. The SMILES string of the molecule is CCCCCC(CCCC)OC(=O)CCCCCCCCC(CCCCCCCCC(=O)OC(CCCC)CCCCC)OC(=O)CCCN(C)C. The molecule has 7 heteroatoms. The summed E-state index contributed by atoms with van der Waals surface area (Å²) in [6.45, 7) is 9.70. The quantitative estimate of drug-likeness (QED) is 0.0353. The topological polar surface area (TPSA) is 82.1 Å². The van der Waals surface area contributed by atoms with E-state index in [0.29, 0.717) is 19.3 Å². The molecule has 52 heavy (non-hydrogen) atoms. The molecule has 0 aliphatic carbocycles. The van der Waals surface area contributed by atoms with Crippen LogP contribution in [0.4, 0.5) is 0 Å². The third kappa shape index (κ3) is 34.2. The van der Waals surface area contributed by atoms with Gasteiger partial charge in [-0.15, -0.1) is 0 Å². The van der Waals surface area contributed by atoms with Crippen LogP contribution in [0.1, 0.15) is 233 Å². The lowest BCUT2D eigenvalue weighted by Crippen LogP contribution is -2.20. The summed E-state index contributed by atoms with van der Waals surface area (Å²) in [6.07, 6.45) is 33.0. The van der Waals surface area contributed by atoms with Crippen LogP contribution < -0.4 is 0 Å². The van der Waals surface area contributed by atoms with Gasteiger partial charge in [0.2, 0.25) is 0 Å². The molecule has 0 fully saturated rings. The monoisotopic (exact) mass is 738 g/mol. The molecule has 0 N–H and O–H groups in total. The van der Waals surface area contributed by atoms with Crippen molar-refractivity contribution in [2.24, 2.45) is 0 Å². The molecule has 308 valence electrons. The fraction of sp³-hybridized carbons (Fsp3) is 0.933. The molecule has 0 aliphatic rings. The maximum Gasteiger partial charge on any atom is 0.306 e. The molecule has 2 unspecified atom stereocenters. The zero-order valence-corrected chi connectivity index (χ0v) is 35.5. The zero-order valence-electron chi connectivity index (χ0n) is 35.5. The Bertz CT molecular complexity index is 766. The highest BCUT2D eigenvalue weighted by atomic mass is 16.6. The van der Waals surface area contributed by atoms with Crippen molar-refractivity contribution >= 4 is 17.9 Å². The largest absolute Gasteiger partial charge is 0.462 e. The Morgan fingerprint density at radius 3 is 0.962 bits per heavy atom. The van der Waals surface area contributed by atoms with Crippen molar-refractivity contribution in [2.45, 2.75) is 251 Å². The average Bonchev–Trinajstić information content (AvgIpc) is 3.11. The van der Waals surface area contributed by atoms with Crippen LogP contribution in [0.25, 0.3) is 0 Å². The Morgan fingerprint density at radius 2 is 0.635 bits per heavy atom. The van der Waals surface area contributed by atoms with Crippen molar-refractivity contribution in [2.75, 3.05) is 20.6 Å². The molecular formula is C45H87NO6. The highest BCUT2D eigenvalue weighted by molar-refractivity contribution is 5.70. The third-order valence-corrected chi connectivity index (χ3v) is 10.2. The van der Waals surface area contributed by atoms with Gasteiger partial charge in [-0.05, 0) is 104 Å². The molecule has 0 spiro atoms. The number of carbonyl (C=O) groups is 3. The number of hydrogen-bond donors (Lipinski definition) is 0. The summed E-state index contributed by atoms with van der Waals surface area (Å²) in [5.74, 6) is -0.0935. The molecule has 0 aromatic rings. The number of nitrogens with zero attached hydrogens (tertiary/aromatic N) is 1. The van der Waals surface area contributed by atoms with E-state index in [9.17, 15) is 14.4 Å². The van der Waals surface area contributed by atoms with Crippen LogP contribution in [-0.2, 0) is 28.6 Å². The Balaban J connectivity index is 4.35.